The van der Waals surface area contributed by atoms with Crippen LogP contribution in [-0.2, 0) is 6.54 Å². The molecule has 0 aliphatic heterocycles. The van der Waals surface area contributed by atoms with Crippen LogP contribution in [0.3, 0.4) is 0 Å². The van der Waals surface area contributed by atoms with E-state index in [-0.39, 0.29) is 0 Å². The number of halogens is 1. The molecule has 0 unspecified atom stereocenters. The molecule has 0 saturated heterocycles. The lowest BCUT2D eigenvalue weighted by Gasteiger charge is -1.95. The smallest absolute Gasteiger partial charge is 0.169 e. The minimum Gasteiger partial charge on any atom is -0.452 e. The lowest BCUT2D eigenvalue weighted by molar-refractivity contribution is 0.461. The average Bonchev–Trinajstić information content (AvgIpc) is 2.84. The highest BCUT2D eigenvalue weighted by molar-refractivity contribution is 9.10. The van der Waals surface area contributed by atoms with E-state index in [2.05, 4.69) is 26.0 Å². The summed E-state index contributed by atoms with van der Waals surface area (Å²) in [7, 11) is 0. The van der Waals surface area contributed by atoms with E-state index in [9.17, 15) is 0 Å². The number of nitrogens with zero attached hydrogens (tertiary/aromatic N) is 3. The van der Waals surface area contributed by atoms with Gasteiger partial charge >= 0.3 is 0 Å². The molecule has 3 rings (SSSR count). The monoisotopic (exact) mass is 267 g/mol. The molecule has 2 heterocycles. The number of aromatic nitrogens is 3. The third-order valence-corrected chi connectivity index (χ3v) is 2.87. The van der Waals surface area contributed by atoms with Gasteiger partial charge in [0.05, 0.1) is 0 Å². The van der Waals surface area contributed by atoms with Crippen molar-refractivity contribution < 1.29 is 4.42 Å². The molecule has 2 aromatic rings. The Hall–Kier alpha value is -1.10. The molecule has 0 amide bonds. The Bertz CT molecular complexity index is 472. The summed E-state index contributed by atoms with van der Waals surface area (Å²) in [6.45, 7) is 0.644. The zero-order chi connectivity index (χ0) is 10.3. The average molecular weight is 268 g/mol. The molecule has 0 N–H and O–H groups in total. The van der Waals surface area contributed by atoms with Gasteiger partial charge in [0, 0.05) is 5.92 Å². The van der Waals surface area contributed by atoms with Crippen LogP contribution in [0, 0.1) is 0 Å². The van der Waals surface area contributed by atoms with Crippen LogP contribution >= 0.6 is 15.9 Å². The van der Waals surface area contributed by atoms with E-state index in [1.54, 1.807) is 6.33 Å². The van der Waals surface area contributed by atoms with Crippen LogP contribution in [-0.4, -0.2) is 14.8 Å². The molecule has 1 saturated carbocycles. The van der Waals surface area contributed by atoms with Gasteiger partial charge in [-0.1, -0.05) is 0 Å². The van der Waals surface area contributed by atoms with Crippen molar-refractivity contribution in [1.82, 2.24) is 14.8 Å². The van der Waals surface area contributed by atoms with Crippen molar-refractivity contribution in [3.8, 4) is 0 Å². The second-order valence-corrected chi connectivity index (χ2v) is 4.56. The molecule has 15 heavy (non-hydrogen) atoms. The van der Waals surface area contributed by atoms with E-state index in [1.807, 2.05) is 16.8 Å². The molecule has 1 aliphatic rings. The Morgan fingerprint density at radius 1 is 1.47 bits per heavy atom. The Labute approximate surface area is 95.4 Å². The molecule has 0 spiro atoms. The third kappa shape index (κ3) is 1.97. The summed E-state index contributed by atoms with van der Waals surface area (Å²) in [6.07, 6.45) is 4.23. The lowest BCUT2D eigenvalue weighted by atomic mass is 10.4. The normalized spacial score (nSPS) is 15.8. The fourth-order valence-corrected chi connectivity index (χ4v) is 1.85. The summed E-state index contributed by atoms with van der Waals surface area (Å²) in [5, 5.41) is 4.41. The minimum atomic E-state index is 0.606. The summed E-state index contributed by atoms with van der Waals surface area (Å²) in [5.74, 6) is 2.46. The molecule has 4 nitrogen and oxygen atoms in total. The van der Waals surface area contributed by atoms with Crippen molar-refractivity contribution >= 4 is 15.9 Å². The van der Waals surface area contributed by atoms with E-state index in [0.29, 0.717) is 12.5 Å². The number of hydrogen-bond acceptors (Lipinski definition) is 3. The predicted octanol–water partition coefficient (Wildman–Crippen LogP) is 2.56. The molecular weight excluding hydrogens is 258 g/mol. The second-order valence-electron chi connectivity index (χ2n) is 3.78. The highest BCUT2D eigenvalue weighted by atomic mass is 79.9. The molecule has 0 aromatic carbocycles. The van der Waals surface area contributed by atoms with E-state index in [4.69, 9.17) is 4.42 Å². The van der Waals surface area contributed by atoms with Gasteiger partial charge in [-0.15, -0.1) is 0 Å². The van der Waals surface area contributed by atoms with Gasteiger partial charge in [-0.2, -0.15) is 5.10 Å². The van der Waals surface area contributed by atoms with Crippen molar-refractivity contribution in [3.05, 3.63) is 34.7 Å². The summed E-state index contributed by atoms with van der Waals surface area (Å²) in [4.78, 5) is 4.28. The molecule has 0 bridgehead atoms. The topological polar surface area (TPSA) is 43.9 Å². The first-order valence-electron chi connectivity index (χ1n) is 4.95. The SMILES string of the molecule is Brc1ccc(Cn2cnc(C3CC3)n2)o1. The van der Waals surface area contributed by atoms with Gasteiger partial charge in [-0.3, -0.25) is 0 Å². The molecule has 78 valence electrons. The molecule has 1 fully saturated rings. The van der Waals surface area contributed by atoms with Gasteiger partial charge in [0.1, 0.15) is 18.6 Å². The van der Waals surface area contributed by atoms with Gasteiger partial charge in [-0.05, 0) is 40.9 Å². The van der Waals surface area contributed by atoms with Gasteiger partial charge < -0.3 is 4.42 Å². The van der Waals surface area contributed by atoms with Gasteiger partial charge in [0.15, 0.2) is 10.5 Å². The van der Waals surface area contributed by atoms with Crippen molar-refractivity contribution in [3.63, 3.8) is 0 Å². The summed E-state index contributed by atoms with van der Waals surface area (Å²) >= 11 is 3.27. The maximum Gasteiger partial charge on any atom is 0.169 e. The van der Waals surface area contributed by atoms with E-state index in [0.717, 1.165) is 16.3 Å². The number of rotatable bonds is 3. The van der Waals surface area contributed by atoms with Crippen molar-refractivity contribution in [1.29, 1.82) is 0 Å². The fraction of sp³-hybridized carbons (Fsp3) is 0.400. The Kier molecular flexibility index (Phi) is 2.12. The Morgan fingerprint density at radius 2 is 2.33 bits per heavy atom. The number of hydrogen-bond donors (Lipinski definition) is 0. The lowest BCUT2D eigenvalue weighted by Crippen LogP contribution is -1.99. The molecule has 2 aromatic heterocycles. The molecule has 0 atom stereocenters. The Balaban J connectivity index is 1.75. The van der Waals surface area contributed by atoms with Crippen LogP contribution in [0.1, 0.15) is 30.3 Å². The van der Waals surface area contributed by atoms with Gasteiger partial charge in [0.2, 0.25) is 0 Å². The summed E-state index contributed by atoms with van der Waals surface area (Å²) < 4.78 is 7.97. The summed E-state index contributed by atoms with van der Waals surface area (Å²) in [6, 6.07) is 3.82. The van der Waals surface area contributed by atoms with Crippen molar-refractivity contribution in [2.45, 2.75) is 25.3 Å². The highest BCUT2D eigenvalue weighted by Gasteiger charge is 2.27. The van der Waals surface area contributed by atoms with Gasteiger partial charge in [0.25, 0.3) is 0 Å². The highest BCUT2D eigenvalue weighted by Crippen LogP contribution is 2.37. The van der Waals surface area contributed by atoms with Crippen LogP contribution in [0.5, 0.6) is 0 Å². The van der Waals surface area contributed by atoms with Crippen LogP contribution < -0.4 is 0 Å². The predicted molar refractivity (Wildman–Crippen MR) is 57.5 cm³/mol. The Morgan fingerprint density at radius 3 is 3.00 bits per heavy atom. The number of furan rings is 1. The van der Waals surface area contributed by atoms with Gasteiger partial charge in [-0.25, -0.2) is 9.67 Å². The van der Waals surface area contributed by atoms with Crippen LogP contribution in [0.2, 0.25) is 0 Å². The largest absolute Gasteiger partial charge is 0.452 e. The first-order chi connectivity index (χ1) is 7.31. The molecule has 0 radical (unpaired) electrons. The van der Waals surface area contributed by atoms with Crippen LogP contribution in [0.25, 0.3) is 0 Å². The maximum atomic E-state index is 5.40. The van der Waals surface area contributed by atoms with E-state index in [1.165, 1.54) is 12.8 Å². The second kappa shape index (κ2) is 3.48. The zero-order valence-electron chi connectivity index (χ0n) is 8.06. The molecule has 5 heteroatoms. The first-order valence-corrected chi connectivity index (χ1v) is 5.74. The van der Waals surface area contributed by atoms with E-state index < -0.39 is 0 Å². The van der Waals surface area contributed by atoms with E-state index >= 15 is 0 Å². The third-order valence-electron chi connectivity index (χ3n) is 2.44. The molecule has 1 aliphatic carbocycles. The first kappa shape index (κ1) is 9.15. The van der Waals surface area contributed by atoms with Crippen molar-refractivity contribution in [2.24, 2.45) is 0 Å². The standard InChI is InChI=1S/C10H10BrN3O/c11-9-4-3-8(15-9)5-14-6-12-10(13-14)7-1-2-7/h3-4,6-7H,1-2,5H2. The van der Waals surface area contributed by atoms with Crippen molar-refractivity contribution in [2.75, 3.05) is 0 Å². The molecular formula is C10H10BrN3O. The minimum absolute atomic E-state index is 0.606. The summed E-state index contributed by atoms with van der Waals surface area (Å²) in [5.41, 5.74) is 0. The van der Waals surface area contributed by atoms with Crippen LogP contribution in [0.15, 0.2) is 27.5 Å². The fourth-order valence-electron chi connectivity index (χ4n) is 1.51. The quantitative estimate of drug-likeness (QED) is 0.859. The zero-order valence-corrected chi connectivity index (χ0v) is 9.64. The maximum absolute atomic E-state index is 5.40. The van der Waals surface area contributed by atoms with Crippen LogP contribution in [0.4, 0.5) is 0 Å².